The highest BCUT2D eigenvalue weighted by Crippen LogP contribution is 2.21. The third kappa shape index (κ3) is 3.05. The predicted octanol–water partition coefficient (Wildman–Crippen LogP) is 2.67. The van der Waals surface area contributed by atoms with Crippen LogP contribution in [0.15, 0.2) is 24.3 Å². The van der Waals surface area contributed by atoms with Crippen molar-refractivity contribution in [3.05, 3.63) is 41.5 Å². The Balaban J connectivity index is 1.86. The van der Waals surface area contributed by atoms with Crippen LogP contribution in [0, 0.1) is 19.7 Å². The molecular formula is C14H18FN3O. The molecule has 1 aromatic heterocycles. The molecule has 0 radical (unpaired) electrons. The summed E-state index contributed by atoms with van der Waals surface area (Å²) >= 11 is 0. The fourth-order valence-electron chi connectivity index (χ4n) is 1.91. The summed E-state index contributed by atoms with van der Waals surface area (Å²) in [5.41, 5.74) is 2.35. The molecule has 2 aromatic rings. The number of rotatable bonds is 5. The molecule has 1 aromatic carbocycles. The molecule has 102 valence electrons. The second kappa shape index (κ2) is 5.73. The van der Waals surface area contributed by atoms with E-state index in [1.807, 2.05) is 20.9 Å². The largest absolute Gasteiger partial charge is 0.488 e. The molecule has 0 unspecified atom stereocenters. The van der Waals surface area contributed by atoms with Crippen molar-refractivity contribution >= 4 is 5.69 Å². The van der Waals surface area contributed by atoms with Crippen LogP contribution in [0.1, 0.15) is 11.4 Å². The number of hydrogen-bond acceptors (Lipinski definition) is 3. The minimum atomic E-state index is -0.253. The highest BCUT2D eigenvalue weighted by molar-refractivity contribution is 5.44. The number of hydrogen-bond donors (Lipinski definition) is 1. The summed E-state index contributed by atoms with van der Waals surface area (Å²) in [6.45, 7) is 4.86. The Morgan fingerprint density at radius 1 is 1.32 bits per heavy atom. The Morgan fingerprint density at radius 3 is 2.68 bits per heavy atom. The van der Waals surface area contributed by atoms with Gasteiger partial charge in [0.1, 0.15) is 18.1 Å². The second-order valence-corrected chi connectivity index (χ2v) is 4.38. The first-order valence-corrected chi connectivity index (χ1v) is 6.21. The summed E-state index contributed by atoms with van der Waals surface area (Å²) in [5.74, 6) is 0.550. The van der Waals surface area contributed by atoms with E-state index < -0.39 is 0 Å². The van der Waals surface area contributed by atoms with E-state index in [9.17, 15) is 4.39 Å². The standard InChI is InChI=1S/C14H18FN3O/c1-10-14(11(2)18(3)17-10)19-9-8-16-13-7-5-4-6-12(13)15/h4-7,16H,8-9H2,1-3H3. The van der Waals surface area contributed by atoms with Crippen LogP contribution in [0.25, 0.3) is 0 Å². The summed E-state index contributed by atoms with van der Waals surface area (Å²) < 4.78 is 20.8. The van der Waals surface area contributed by atoms with Crippen molar-refractivity contribution in [3.63, 3.8) is 0 Å². The number of halogens is 1. The zero-order valence-corrected chi connectivity index (χ0v) is 11.4. The number of anilines is 1. The molecular weight excluding hydrogens is 245 g/mol. The number of aryl methyl sites for hydroxylation is 2. The summed E-state index contributed by atoms with van der Waals surface area (Å²) in [6.07, 6.45) is 0. The maximum absolute atomic E-state index is 13.4. The minimum absolute atomic E-state index is 0.253. The fraction of sp³-hybridized carbons (Fsp3) is 0.357. The molecule has 4 nitrogen and oxygen atoms in total. The van der Waals surface area contributed by atoms with Gasteiger partial charge in [0.2, 0.25) is 0 Å². The van der Waals surface area contributed by atoms with Crippen molar-refractivity contribution < 1.29 is 9.13 Å². The molecule has 0 aliphatic rings. The Kier molecular flexibility index (Phi) is 4.04. The van der Waals surface area contributed by atoms with Crippen molar-refractivity contribution in [1.29, 1.82) is 0 Å². The Labute approximate surface area is 112 Å². The van der Waals surface area contributed by atoms with Gasteiger partial charge in [-0.1, -0.05) is 12.1 Å². The lowest BCUT2D eigenvalue weighted by atomic mass is 10.3. The monoisotopic (exact) mass is 263 g/mol. The zero-order chi connectivity index (χ0) is 13.8. The highest BCUT2D eigenvalue weighted by Gasteiger charge is 2.10. The van der Waals surface area contributed by atoms with Gasteiger partial charge < -0.3 is 10.1 Å². The van der Waals surface area contributed by atoms with Crippen molar-refractivity contribution in [2.45, 2.75) is 13.8 Å². The van der Waals surface area contributed by atoms with Gasteiger partial charge in [-0.15, -0.1) is 0 Å². The molecule has 0 bridgehead atoms. The lowest BCUT2D eigenvalue weighted by Gasteiger charge is -2.09. The number of nitrogens with zero attached hydrogens (tertiary/aromatic N) is 2. The van der Waals surface area contributed by atoms with Gasteiger partial charge in [0.05, 0.1) is 11.4 Å². The normalized spacial score (nSPS) is 10.5. The van der Waals surface area contributed by atoms with Crippen LogP contribution in [0.4, 0.5) is 10.1 Å². The second-order valence-electron chi connectivity index (χ2n) is 4.38. The van der Waals surface area contributed by atoms with Crippen LogP contribution >= 0.6 is 0 Å². The number of nitrogens with one attached hydrogen (secondary N) is 1. The molecule has 1 N–H and O–H groups in total. The lowest BCUT2D eigenvalue weighted by Crippen LogP contribution is -2.12. The average Bonchev–Trinajstić information content (AvgIpc) is 2.62. The molecule has 5 heteroatoms. The molecule has 0 aliphatic heterocycles. The summed E-state index contributed by atoms with van der Waals surface area (Å²) in [7, 11) is 1.88. The maximum Gasteiger partial charge on any atom is 0.163 e. The molecule has 0 fully saturated rings. The van der Waals surface area contributed by atoms with E-state index in [2.05, 4.69) is 10.4 Å². The Morgan fingerprint density at radius 2 is 2.05 bits per heavy atom. The fourth-order valence-corrected chi connectivity index (χ4v) is 1.91. The predicted molar refractivity (Wildman–Crippen MR) is 73.1 cm³/mol. The van der Waals surface area contributed by atoms with E-state index >= 15 is 0 Å². The van der Waals surface area contributed by atoms with Crippen LogP contribution in [0.5, 0.6) is 5.75 Å². The summed E-state index contributed by atoms with van der Waals surface area (Å²) in [5, 5.41) is 7.27. The van der Waals surface area contributed by atoms with E-state index in [1.165, 1.54) is 6.07 Å². The third-order valence-electron chi connectivity index (χ3n) is 2.98. The number of para-hydroxylation sites is 1. The molecule has 1 heterocycles. The summed E-state index contributed by atoms with van der Waals surface area (Å²) in [6, 6.07) is 6.59. The Hall–Kier alpha value is -2.04. The molecule has 0 saturated heterocycles. The number of ether oxygens (including phenoxy) is 1. The molecule has 0 amide bonds. The first kappa shape index (κ1) is 13.4. The number of aromatic nitrogens is 2. The van der Waals surface area contributed by atoms with Gasteiger partial charge in [-0.2, -0.15) is 5.10 Å². The topological polar surface area (TPSA) is 39.1 Å². The molecule has 0 aliphatic carbocycles. The van der Waals surface area contributed by atoms with E-state index in [-0.39, 0.29) is 5.82 Å². The lowest BCUT2D eigenvalue weighted by molar-refractivity contribution is 0.328. The quantitative estimate of drug-likeness (QED) is 0.843. The smallest absolute Gasteiger partial charge is 0.163 e. The molecule has 2 rings (SSSR count). The van der Waals surface area contributed by atoms with Gasteiger partial charge in [0.15, 0.2) is 5.75 Å². The van der Waals surface area contributed by atoms with Gasteiger partial charge in [0.25, 0.3) is 0 Å². The van der Waals surface area contributed by atoms with Crippen LogP contribution in [0.2, 0.25) is 0 Å². The van der Waals surface area contributed by atoms with Gasteiger partial charge in [0, 0.05) is 13.6 Å². The van der Waals surface area contributed by atoms with E-state index in [4.69, 9.17) is 4.74 Å². The SMILES string of the molecule is Cc1nn(C)c(C)c1OCCNc1ccccc1F. The van der Waals surface area contributed by atoms with Crippen LogP contribution in [-0.4, -0.2) is 22.9 Å². The van der Waals surface area contributed by atoms with E-state index in [1.54, 1.807) is 22.9 Å². The number of benzene rings is 1. The van der Waals surface area contributed by atoms with Gasteiger partial charge in [-0.05, 0) is 26.0 Å². The summed E-state index contributed by atoms with van der Waals surface area (Å²) in [4.78, 5) is 0. The van der Waals surface area contributed by atoms with E-state index in [0.29, 0.717) is 18.8 Å². The average molecular weight is 263 g/mol. The first-order valence-electron chi connectivity index (χ1n) is 6.21. The van der Waals surface area contributed by atoms with Crippen LogP contribution in [0.3, 0.4) is 0 Å². The van der Waals surface area contributed by atoms with Gasteiger partial charge in [-0.25, -0.2) is 4.39 Å². The van der Waals surface area contributed by atoms with Crippen LogP contribution in [-0.2, 0) is 7.05 Å². The van der Waals surface area contributed by atoms with Crippen LogP contribution < -0.4 is 10.1 Å². The highest BCUT2D eigenvalue weighted by atomic mass is 19.1. The minimum Gasteiger partial charge on any atom is -0.488 e. The molecule has 0 spiro atoms. The zero-order valence-electron chi connectivity index (χ0n) is 11.4. The van der Waals surface area contributed by atoms with Gasteiger partial charge >= 0.3 is 0 Å². The molecule has 19 heavy (non-hydrogen) atoms. The maximum atomic E-state index is 13.4. The first-order chi connectivity index (χ1) is 9.09. The third-order valence-corrected chi connectivity index (χ3v) is 2.98. The Bertz CT molecular complexity index is 566. The van der Waals surface area contributed by atoms with Crippen molar-refractivity contribution in [2.24, 2.45) is 7.05 Å². The van der Waals surface area contributed by atoms with E-state index in [0.717, 1.165) is 17.1 Å². The molecule has 0 saturated carbocycles. The van der Waals surface area contributed by atoms with Crippen molar-refractivity contribution in [1.82, 2.24) is 9.78 Å². The molecule has 0 atom stereocenters. The van der Waals surface area contributed by atoms with Crippen molar-refractivity contribution in [3.8, 4) is 5.75 Å². The van der Waals surface area contributed by atoms with Crippen molar-refractivity contribution in [2.75, 3.05) is 18.5 Å². The van der Waals surface area contributed by atoms with Gasteiger partial charge in [-0.3, -0.25) is 4.68 Å².